The number of carboxylic acids is 1. The first-order valence-electron chi connectivity index (χ1n) is 8.96. The van der Waals surface area contributed by atoms with Gasteiger partial charge in [-0.1, -0.05) is 44.2 Å². The molecule has 2 atom stereocenters. The Morgan fingerprint density at radius 2 is 2.04 bits per heavy atom. The molecule has 0 spiro atoms. The maximum Gasteiger partial charge on any atom is 0.330 e. The largest absolute Gasteiger partial charge is 0.479 e. The molecule has 0 saturated heterocycles. The molecule has 0 bridgehead atoms. The van der Waals surface area contributed by atoms with Gasteiger partial charge in [0.05, 0.1) is 18.2 Å². The summed E-state index contributed by atoms with van der Waals surface area (Å²) < 4.78 is 5.63. The minimum atomic E-state index is -1.32. The minimum absolute atomic E-state index is 0.0494. The number of carbonyl (C=O) groups excluding carboxylic acids is 1. The maximum atomic E-state index is 12.6. The lowest BCUT2D eigenvalue weighted by Gasteiger charge is -2.58. The fourth-order valence-corrected chi connectivity index (χ4v) is 4.41. The summed E-state index contributed by atoms with van der Waals surface area (Å²) in [5.74, 6) is -1.37. The SMILES string of the molecule is CCOC1CC(NC(=O)Cc2csc(-c3ccccc3)n2)(C(=O)O)C1(C)C. The molecule has 27 heavy (non-hydrogen) atoms. The summed E-state index contributed by atoms with van der Waals surface area (Å²) in [7, 11) is 0. The molecule has 1 aromatic heterocycles. The van der Waals surface area contributed by atoms with Gasteiger partial charge in [-0.05, 0) is 6.92 Å². The van der Waals surface area contributed by atoms with Gasteiger partial charge in [0.15, 0.2) is 0 Å². The lowest BCUT2D eigenvalue weighted by Crippen LogP contribution is -2.76. The molecule has 2 aromatic rings. The molecule has 1 amide bonds. The van der Waals surface area contributed by atoms with E-state index in [1.54, 1.807) is 0 Å². The van der Waals surface area contributed by atoms with Crippen molar-refractivity contribution >= 4 is 23.2 Å². The van der Waals surface area contributed by atoms with Gasteiger partial charge in [0.25, 0.3) is 0 Å². The van der Waals surface area contributed by atoms with Crippen LogP contribution in [0, 0.1) is 5.41 Å². The summed E-state index contributed by atoms with van der Waals surface area (Å²) in [6.07, 6.45) is 0.123. The maximum absolute atomic E-state index is 12.6. The van der Waals surface area contributed by atoms with Crippen LogP contribution in [0.5, 0.6) is 0 Å². The summed E-state index contributed by atoms with van der Waals surface area (Å²) in [4.78, 5) is 29.0. The molecule has 3 rings (SSSR count). The summed E-state index contributed by atoms with van der Waals surface area (Å²) in [6.45, 7) is 6.03. The molecule has 6 nitrogen and oxygen atoms in total. The Morgan fingerprint density at radius 1 is 1.33 bits per heavy atom. The van der Waals surface area contributed by atoms with Crippen molar-refractivity contribution in [3.63, 3.8) is 0 Å². The Balaban J connectivity index is 1.70. The van der Waals surface area contributed by atoms with E-state index < -0.39 is 16.9 Å². The zero-order valence-electron chi connectivity index (χ0n) is 15.7. The average molecular weight is 388 g/mol. The summed E-state index contributed by atoms with van der Waals surface area (Å²) in [5, 5.41) is 15.2. The molecule has 2 N–H and O–H groups in total. The normalized spacial score (nSPS) is 23.4. The van der Waals surface area contributed by atoms with Crippen molar-refractivity contribution in [2.75, 3.05) is 6.61 Å². The third-order valence-corrected chi connectivity index (χ3v) is 6.34. The number of aliphatic carboxylic acids is 1. The molecule has 144 valence electrons. The highest BCUT2D eigenvalue weighted by molar-refractivity contribution is 7.13. The van der Waals surface area contributed by atoms with Gasteiger partial charge in [0.1, 0.15) is 10.5 Å². The Hall–Kier alpha value is -2.25. The molecule has 7 heteroatoms. The lowest BCUT2D eigenvalue weighted by atomic mass is 9.54. The van der Waals surface area contributed by atoms with E-state index >= 15 is 0 Å². The molecular weight excluding hydrogens is 364 g/mol. The first kappa shape index (κ1) is 19.5. The zero-order chi connectivity index (χ0) is 19.7. The van der Waals surface area contributed by atoms with Crippen LogP contribution >= 0.6 is 11.3 Å². The predicted octanol–water partition coefficient (Wildman–Crippen LogP) is 3.13. The predicted molar refractivity (Wildman–Crippen MR) is 104 cm³/mol. The molecule has 1 aromatic carbocycles. The zero-order valence-corrected chi connectivity index (χ0v) is 16.5. The van der Waals surface area contributed by atoms with E-state index in [1.165, 1.54) is 11.3 Å². The molecule has 1 heterocycles. The van der Waals surface area contributed by atoms with Crippen molar-refractivity contribution in [2.24, 2.45) is 5.41 Å². The quantitative estimate of drug-likeness (QED) is 0.761. The summed E-state index contributed by atoms with van der Waals surface area (Å²) in [5.41, 5.74) is -0.379. The van der Waals surface area contributed by atoms with Gasteiger partial charge in [0, 0.05) is 29.4 Å². The second-order valence-corrected chi connectivity index (χ2v) is 8.17. The van der Waals surface area contributed by atoms with Crippen LogP contribution in [0.2, 0.25) is 0 Å². The first-order valence-corrected chi connectivity index (χ1v) is 9.84. The number of benzene rings is 1. The highest BCUT2D eigenvalue weighted by Gasteiger charge is 2.66. The molecule has 1 fully saturated rings. The van der Waals surface area contributed by atoms with Crippen molar-refractivity contribution in [2.45, 2.75) is 45.3 Å². The number of nitrogens with one attached hydrogen (secondary N) is 1. The molecule has 0 aliphatic heterocycles. The molecule has 0 radical (unpaired) electrons. The van der Waals surface area contributed by atoms with E-state index in [4.69, 9.17) is 4.74 Å². The van der Waals surface area contributed by atoms with Gasteiger partial charge in [-0.3, -0.25) is 4.79 Å². The minimum Gasteiger partial charge on any atom is -0.479 e. The molecule has 1 aliphatic carbocycles. The van der Waals surface area contributed by atoms with Crippen LogP contribution < -0.4 is 5.32 Å². The number of carboxylic acid groups (broad SMARTS) is 1. The number of hydrogen-bond donors (Lipinski definition) is 2. The summed E-state index contributed by atoms with van der Waals surface area (Å²) >= 11 is 1.47. The van der Waals surface area contributed by atoms with Gasteiger partial charge in [-0.2, -0.15) is 0 Å². The van der Waals surface area contributed by atoms with Gasteiger partial charge in [-0.25, -0.2) is 9.78 Å². The van der Waals surface area contributed by atoms with Crippen LogP contribution in [0.4, 0.5) is 0 Å². The van der Waals surface area contributed by atoms with Crippen molar-refractivity contribution in [1.82, 2.24) is 10.3 Å². The lowest BCUT2D eigenvalue weighted by molar-refractivity contribution is -0.194. The standard InChI is InChI=1S/C20H24N2O4S/c1-4-26-15-11-20(18(24)25,19(15,2)3)22-16(23)10-14-12-27-17(21-14)13-8-6-5-7-9-13/h5-9,12,15H,4,10-11H2,1-3H3,(H,22,23)(H,24,25). The molecule has 1 aliphatic rings. The monoisotopic (exact) mass is 388 g/mol. The number of hydrogen-bond acceptors (Lipinski definition) is 5. The highest BCUT2D eigenvalue weighted by Crippen LogP contribution is 2.51. The Morgan fingerprint density at radius 3 is 2.63 bits per heavy atom. The van der Waals surface area contributed by atoms with Crippen molar-refractivity contribution in [1.29, 1.82) is 0 Å². The number of rotatable bonds is 7. The number of carbonyl (C=O) groups is 2. The fraction of sp³-hybridized carbons (Fsp3) is 0.450. The second kappa shape index (κ2) is 7.40. The Kier molecular flexibility index (Phi) is 5.35. The van der Waals surface area contributed by atoms with Crippen molar-refractivity contribution in [3.05, 3.63) is 41.4 Å². The van der Waals surface area contributed by atoms with Gasteiger partial charge in [0.2, 0.25) is 5.91 Å². The van der Waals surface area contributed by atoms with E-state index in [0.29, 0.717) is 12.3 Å². The Bertz CT molecular complexity index is 834. The number of aromatic nitrogens is 1. The van der Waals surface area contributed by atoms with Crippen LogP contribution in [0.1, 0.15) is 32.9 Å². The van der Waals surface area contributed by atoms with E-state index in [2.05, 4.69) is 10.3 Å². The third-order valence-electron chi connectivity index (χ3n) is 5.40. The van der Waals surface area contributed by atoms with E-state index in [1.807, 2.05) is 56.5 Å². The molecular formula is C20H24N2O4S. The Labute approximate surface area is 162 Å². The van der Waals surface area contributed by atoms with Crippen LogP contribution in [0.3, 0.4) is 0 Å². The highest BCUT2D eigenvalue weighted by atomic mass is 32.1. The third kappa shape index (κ3) is 3.49. The topological polar surface area (TPSA) is 88.5 Å². The van der Waals surface area contributed by atoms with Crippen molar-refractivity contribution < 1.29 is 19.4 Å². The summed E-state index contributed by atoms with van der Waals surface area (Å²) in [6, 6.07) is 9.74. The van der Waals surface area contributed by atoms with Crippen LogP contribution in [0.25, 0.3) is 10.6 Å². The number of thiazole rings is 1. The molecule has 2 unspecified atom stereocenters. The average Bonchev–Trinajstić information content (AvgIpc) is 3.09. The fourth-order valence-electron chi connectivity index (χ4n) is 3.59. The van der Waals surface area contributed by atoms with Crippen LogP contribution in [-0.2, 0) is 20.7 Å². The molecule has 1 saturated carbocycles. The smallest absolute Gasteiger partial charge is 0.330 e. The van der Waals surface area contributed by atoms with Gasteiger partial charge < -0.3 is 15.2 Å². The van der Waals surface area contributed by atoms with Crippen LogP contribution in [-0.4, -0.2) is 40.2 Å². The first-order chi connectivity index (χ1) is 12.8. The van der Waals surface area contributed by atoms with E-state index in [9.17, 15) is 14.7 Å². The number of nitrogens with zero attached hydrogens (tertiary/aromatic N) is 1. The van der Waals surface area contributed by atoms with E-state index in [-0.39, 0.29) is 24.9 Å². The number of amides is 1. The van der Waals surface area contributed by atoms with Crippen LogP contribution in [0.15, 0.2) is 35.7 Å². The van der Waals surface area contributed by atoms with Crippen molar-refractivity contribution in [3.8, 4) is 10.6 Å². The van der Waals surface area contributed by atoms with Gasteiger partial charge >= 0.3 is 5.97 Å². The van der Waals surface area contributed by atoms with E-state index in [0.717, 1.165) is 10.6 Å². The van der Waals surface area contributed by atoms with Gasteiger partial charge in [-0.15, -0.1) is 11.3 Å². The second-order valence-electron chi connectivity index (χ2n) is 7.32. The number of ether oxygens (including phenoxy) is 1.